The smallest absolute Gasteiger partial charge is 0.175 e. The molecule has 0 spiro atoms. The molecule has 1 aromatic rings. The number of nitrogens with one attached hydrogen (secondary N) is 1. The summed E-state index contributed by atoms with van der Waals surface area (Å²) in [5.41, 5.74) is 2.07. The molecule has 0 amide bonds. The molecule has 0 radical (unpaired) electrons. The highest BCUT2D eigenvalue weighted by Crippen LogP contribution is 2.30. The maximum absolute atomic E-state index is 11.6. The van der Waals surface area contributed by atoms with E-state index in [4.69, 9.17) is 0 Å². The van der Waals surface area contributed by atoms with Crippen molar-refractivity contribution in [1.29, 1.82) is 0 Å². The average Bonchev–Trinajstić information content (AvgIpc) is 2.41. The third-order valence-corrected chi connectivity index (χ3v) is 5.53. The number of anilines is 1. The van der Waals surface area contributed by atoms with Crippen molar-refractivity contribution in [3.63, 3.8) is 0 Å². The summed E-state index contributed by atoms with van der Waals surface area (Å²) in [6.45, 7) is 4.28. The molecule has 0 aromatic heterocycles. The van der Waals surface area contributed by atoms with Crippen LogP contribution in [0.5, 0.6) is 0 Å². The summed E-state index contributed by atoms with van der Waals surface area (Å²) in [5.74, 6) is 0.872. The van der Waals surface area contributed by atoms with E-state index in [2.05, 4.69) is 12.2 Å². The average molecular weight is 295 g/mol. The summed E-state index contributed by atoms with van der Waals surface area (Å²) < 4.78 is 23.3. The molecule has 0 heterocycles. The quantitative estimate of drug-likeness (QED) is 0.919. The highest BCUT2D eigenvalue weighted by Gasteiger charge is 2.20. The van der Waals surface area contributed by atoms with Gasteiger partial charge in [0.1, 0.15) is 0 Å². The van der Waals surface area contributed by atoms with E-state index >= 15 is 0 Å². The van der Waals surface area contributed by atoms with Crippen LogP contribution in [0, 0.1) is 12.8 Å². The van der Waals surface area contributed by atoms with Gasteiger partial charge in [0, 0.05) is 18.0 Å². The molecule has 0 bridgehead atoms. The molecule has 0 unspecified atom stereocenters. The fourth-order valence-corrected chi connectivity index (χ4v) is 3.57. The normalized spacial score (nSPS) is 23.6. The molecule has 1 aliphatic rings. The first kappa shape index (κ1) is 15.4. The highest BCUT2D eigenvalue weighted by molar-refractivity contribution is 7.90. The fourth-order valence-electron chi connectivity index (χ4n) is 2.92. The van der Waals surface area contributed by atoms with Gasteiger partial charge in [0.05, 0.1) is 4.90 Å². The summed E-state index contributed by atoms with van der Waals surface area (Å²) in [4.78, 5) is 0.396. The lowest BCUT2D eigenvalue weighted by Crippen LogP contribution is -2.26. The van der Waals surface area contributed by atoms with Gasteiger partial charge in [-0.15, -0.1) is 0 Å². The predicted octanol–water partition coefficient (Wildman–Crippen LogP) is 3.78. The number of hydrogen-bond donors (Lipinski definition) is 1. The van der Waals surface area contributed by atoms with E-state index in [0.717, 1.165) is 17.2 Å². The van der Waals surface area contributed by atoms with Gasteiger partial charge >= 0.3 is 0 Å². The monoisotopic (exact) mass is 295 g/mol. The Bertz CT molecular complexity index is 558. The highest BCUT2D eigenvalue weighted by atomic mass is 32.2. The van der Waals surface area contributed by atoms with Crippen molar-refractivity contribution in [3.8, 4) is 0 Å². The van der Waals surface area contributed by atoms with Gasteiger partial charge in [-0.2, -0.15) is 0 Å². The van der Waals surface area contributed by atoms with E-state index < -0.39 is 9.84 Å². The molecule has 20 heavy (non-hydrogen) atoms. The van der Waals surface area contributed by atoms with Crippen molar-refractivity contribution < 1.29 is 8.42 Å². The number of aryl methyl sites for hydroxylation is 1. The van der Waals surface area contributed by atoms with Crippen LogP contribution >= 0.6 is 0 Å². The molecular formula is C16H25NO2S. The van der Waals surface area contributed by atoms with E-state index in [1.165, 1.54) is 38.4 Å². The van der Waals surface area contributed by atoms with Gasteiger partial charge < -0.3 is 5.32 Å². The maximum Gasteiger partial charge on any atom is 0.175 e. The predicted molar refractivity (Wildman–Crippen MR) is 83.9 cm³/mol. The van der Waals surface area contributed by atoms with Gasteiger partial charge in [0.25, 0.3) is 0 Å². The lowest BCUT2D eigenvalue weighted by Gasteiger charge is -2.29. The molecule has 4 heteroatoms. The van der Waals surface area contributed by atoms with Crippen LogP contribution in [0.25, 0.3) is 0 Å². The first-order chi connectivity index (χ1) is 9.40. The van der Waals surface area contributed by atoms with Crippen LogP contribution in [0.1, 0.15) is 44.6 Å². The van der Waals surface area contributed by atoms with Crippen molar-refractivity contribution in [2.45, 2.75) is 56.9 Å². The first-order valence-electron chi connectivity index (χ1n) is 7.47. The van der Waals surface area contributed by atoms with E-state index in [9.17, 15) is 8.42 Å². The zero-order valence-electron chi connectivity index (χ0n) is 12.6. The van der Waals surface area contributed by atoms with E-state index in [1.54, 1.807) is 12.1 Å². The van der Waals surface area contributed by atoms with Crippen molar-refractivity contribution >= 4 is 15.5 Å². The van der Waals surface area contributed by atoms with E-state index in [1.807, 2.05) is 13.0 Å². The molecule has 3 nitrogen and oxygen atoms in total. The van der Waals surface area contributed by atoms with Crippen molar-refractivity contribution in [1.82, 2.24) is 0 Å². The van der Waals surface area contributed by atoms with Crippen molar-refractivity contribution in [3.05, 3.63) is 23.8 Å². The maximum atomic E-state index is 11.6. The summed E-state index contributed by atoms with van der Waals surface area (Å²) in [7, 11) is -3.14. The molecule has 1 aliphatic carbocycles. The van der Waals surface area contributed by atoms with Gasteiger partial charge in [-0.1, -0.05) is 19.4 Å². The Morgan fingerprint density at radius 1 is 1.20 bits per heavy atom. The number of hydrogen-bond acceptors (Lipinski definition) is 3. The molecular weight excluding hydrogens is 270 g/mol. The van der Waals surface area contributed by atoms with E-state index in [0.29, 0.717) is 10.9 Å². The third kappa shape index (κ3) is 3.75. The topological polar surface area (TPSA) is 46.2 Å². The second kappa shape index (κ2) is 6.17. The van der Waals surface area contributed by atoms with Crippen LogP contribution in [0.3, 0.4) is 0 Å². The fraction of sp³-hybridized carbons (Fsp3) is 0.625. The van der Waals surface area contributed by atoms with Crippen LogP contribution in [0.2, 0.25) is 0 Å². The summed E-state index contributed by atoms with van der Waals surface area (Å²) in [6, 6.07) is 5.82. The lowest BCUT2D eigenvalue weighted by atomic mass is 9.84. The van der Waals surface area contributed by atoms with Gasteiger partial charge in [-0.05, 0) is 56.2 Å². The summed E-state index contributed by atoms with van der Waals surface area (Å²) in [5, 5.41) is 3.54. The van der Waals surface area contributed by atoms with E-state index in [-0.39, 0.29) is 0 Å². The molecule has 112 valence electrons. The zero-order chi connectivity index (χ0) is 14.8. The molecule has 0 atom stereocenters. The Hall–Kier alpha value is -1.03. The number of rotatable bonds is 4. The third-order valence-electron chi connectivity index (χ3n) is 4.42. The van der Waals surface area contributed by atoms with Crippen LogP contribution in [0.4, 0.5) is 5.69 Å². The molecule has 2 rings (SSSR count). The van der Waals surface area contributed by atoms with Crippen LogP contribution in [-0.4, -0.2) is 20.7 Å². The van der Waals surface area contributed by atoms with Gasteiger partial charge in [-0.3, -0.25) is 0 Å². The molecule has 0 aliphatic heterocycles. The molecule has 1 aromatic carbocycles. The van der Waals surface area contributed by atoms with Gasteiger partial charge in [0.15, 0.2) is 9.84 Å². The van der Waals surface area contributed by atoms with Crippen LogP contribution < -0.4 is 5.32 Å². The second-order valence-corrected chi connectivity index (χ2v) is 8.03. The minimum atomic E-state index is -3.14. The SMILES string of the molecule is CCC1CCC(Nc2cc(S(C)(=O)=O)ccc2C)CC1. The lowest BCUT2D eigenvalue weighted by molar-refractivity contribution is 0.330. The minimum Gasteiger partial charge on any atom is -0.382 e. The molecule has 0 saturated heterocycles. The van der Waals surface area contributed by atoms with Crippen LogP contribution in [0.15, 0.2) is 23.1 Å². The largest absolute Gasteiger partial charge is 0.382 e. The Morgan fingerprint density at radius 3 is 2.40 bits per heavy atom. The zero-order valence-corrected chi connectivity index (χ0v) is 13.5. The first-order valence-corrected chi connectivity index (χ1v) is 9.36. The Morgan fingerprint density at radius 2 is 1.85 bits per heavy atom. The Balaban J connectivity index is 2.10. The Kier molecular flexibility index (Phi) is 4.74. The standard InChI is InChI=1S/C16H25NO2S/c1-4-13-6-8-14(9-7-13)17-16-11-15(20(3,18)19)10-5-12(16)2/h5,10-11,13-14,17H,4,6-9H2,1-3H3. The molecule has 1 fully saturated rings. The Labute approximate surface area is 122 Å². The van der Waals surface area contributed by atoms with Crippen molar-refractivity contribution in [2.75, 3.05) is 11.6 Å². The summed E-state index contributed by atoms with van der Waals surface area (Å²) in [6.07, 6.45) is 7.45. The summed E-state index contributed by atoms with van der Waals surface area (Å²) >= 11 is 0. The molecule has 1 N–H and O–H groups in total. The van der Waals surface area contributed by atoms with Crippen LogP contribution in [-0.2, 0) is 9.84 Å². The number of sulfone groups is 1. The number of benzene rings is 1. The van der Waals surface area contributed by atoms with Gasteiger partial charge in [-0.25, -0.2) is 8.42 Å². The van der Waals surface area contributed by atoms with Gasteiger partial charge in [0.2, 0.25) is 0 Å². The van der Waals surface area contributed by atoms with Crippen molar-refractivity contribution in [2.24, 2.45) is 5.92 Å². The molecule has 1 saturated carbocycles. The minimum absolute atomic E-state index is 0.396. The second-order valence-electron chi connectivity index (χ2n) is 6.02.